The van der Waals surface area contributed by atoms with E-state index >= 15 is 0 Å². The van der Waals surface area contributed by atoms with E-state index in [0.29, 0.717) is 39.7 Å². The van der Waals surface area contributed by atoms with Crippen molar-refractivity contribution >= 4 is 63.2 Å². The van der Waals surface area contributed by atoms with Gasteiger partial charge in [0.05, 0.1) is 28.1 Å². The highest BCUT2D eigenvalue weighted by molar-refractivity contribution is 7.99. The lowest BCUT2D eigenvalue weighted by Crippen LogP contribution is -2.31. The summed E-state index contributed by atoms with van der Waals surface area (Å²) in [6.07, 6.45) is 0.647. The summed E-state index contributed by atoms with van der Waals surface area (Å²) in [6.45, 7) is 6.69. The second-order valence-electron chi connectivity index (χ2n) is 9.11. The molecule has 0 saturated heterocycles. The Morgan fingerprint density at radius 3 is 2.56 bits per heavy atom. The van der Waals surface area contributed by atoms with E-state index in [0.717, 1.165) is 11.3 Å². The monoisotopic (exact) mass is 602 g/mol. The molecular formula is C27H28Cl2N6O2S2. The van der Waals surface area contributed by atoms with Gasteiger partial charge in [0.15, 0.2) is 16.1 Å². The highest BCUT2D eigenvalue weighted by Crippen LogP contribution is 2.28. The molecule has 2 amide bonds. The molecule has 204 valence electrons. The van der Waals surface area contributed by atoms with Crippen LogP contribution in [0.4, 0.5) is 5.13 Å². The van der Waals surface area contributed by atoms with E-state index in [1.54, 1.807) is 12.1 Å². The van der Waals surface area contributed by atoms with Crippen molar-refractivity contribution in [2.45, 2.75) is 44.9 Å². The van der Waals surface area contributed by atoms with Crippen molar-refractivity contribution in [3.8, 4) is 11.3 Å². The van der Waals surface area contributed by atoms with Crippen LogP contribution in [0.25, 0.3) is 11.3 Å². The van der Waals surface area contributed by atoms with Crippen LogP contribution in [0.1, 0.15) is 49.4 Å². The van der Waals surface area contributed by atoms with Gasteiger partial charge in [-0.3, -0.25) is 9.59 Å². The number of carbonyl (C=O) groups excluding carboxylic acids is 2. The summed E-state index contributed by atoms with van der Waals surface area (Å²) in [5.41, 5.74) is 2.15. The molecule has 2 heterocycles. The Kier molecular flexibility index (Phi) is 10.0. The van der Waals surface area contributed by atoms with Crippen LogP contribution in [0.2, 0.25) is 10.0 Å². The zero-order valence-electron chi connectivity index (χ0n) is 21.6. The number of carbonyl (C=O) groups is 2. The number of rotatable bonds is 11. The lowest BCUT2D eigenvalue weighted by atomic mass is 10.0. The molecule has 2 N–H and O–H groups in total. The number of hydrogen-bond acceptors (Lipinski definition) is 7. The van der Waals surface area contributed by atoms with Crippen molar-refractivity contribution in [3.05, 3.63) is 75.3 Å². The van der Waals surface area contributed by atoms with Crippen LogP contribution in [0, 0.1) is 5.92 Å². The molecule has 0 saturated carbocycles. The number of aromatic nitrogens is 4. The van der Waals surface area contributed by atoms with Gasteiger partial charge >= 0.3 is 0 Å². The molecule has 39 heavy (non-hydrogen) atoms. The minimum Gasteiger partial charge on any atom is -0.342 e. The number of nitrogens with one attached hydrogen (secondary N) is 2. The van der Waals surface area contributed by atoms with Gasteiger partial charge in [-0.25, -0.2) is 4.98 Å². The number of hydrogen-bond donors (Lipinski definition) is 2. The van der Waals surface area contributed by atoms with Gasteiger partial charge in [0.25, 0.3) is 5.91 Å². The van der Waals surface area contributed by atoms with Crippen molar-refractivity contribution in [2.24, 2.45) is 5.92 Å². The fraction of sp³-hybridized carbons (Fsp3) is 0.296. The molecule has 4 rings (SSSR count). The van der Waals surface area contributed by atoms with Gasteiger partial charge in [0, 0.05) is 22.5 Å². The highest BCUT2D eigenvalue weighted by Gasteiger charge is 2.25. The number of nitrogens with zero attached hydrogens (tertiary/aromatic N) is 4. The third kappa shape index (κ3) is 7.60. The molecule has 0 aliphatic heterocycles. The minimum atomic E-state index is -0.397. The highest BCUT2D eigenvalue weighted by atomic mass is 35.5. The van der Waals surface area contributed by atoms with Gasteiger partial charge in [0.2, 0.25) is 5.91 Å². The lowest BCUT2D eigenvalue weighted by molar-refractivity contribution is -0.113. The first kappa shape index (κ1) is 29.1. The summed E-state index contributed by atoms with van der Waals surface area (Å²) in [4.78, 5) is 30.3. The fourth-order valence-corrected chi connectivity index (χ4v) is 5.97. The molecule has 12 heteroatoms. The second-order valence-corrected chi connectivity index (χ2v) is 11.7. The molecule has 0 fully saturated rings. The molecule has 0 aliphatic rings. The molecule has 4 aromatic rings. The van der Waals surface area contributed by atoms with Crippen molar-refractivity contribution in [1.82, 2.24) is 25.1 Å². The Hall–Kier alpha value is -2.92. The van der Waals surface area contributed by atoms with Crippen LogP contribution in [-0.4, -0.2) is 37.3 Å². The quantitative estimate of drug-likeness (QED) is 0.180. The summed E-state index contributed by atoms with van der Waals surface area (Å²) < 4.78 is 1.92. The summed E-state index contributed by atoms with van der Waals surface area (Å²) in [5.74, 6) is 0.532. The summed E-state index contributed by atoms with van der Waals surface area (Å²) >= 11 is 14.9. The Bertz CT molecular complexity index is 1440. The van der Waals surface area contributed by atoms with E-state index in [9.17, 15) is 9.59 Å². The van der Waals surface area contributed by atoms with Gasteiger partial charge in [-0.1, -0.05) is 79.1 Å². The maximum Gasteiger partial charge on any atom is 0.253 e. The molecule has 8 nitrogen and oxygen atoms in total. The number of thioether (sulfide) groups is 1. The van der Waals surface area contributed by atoms with Crippen molar-refractivity contribution < 1.29 is 9.59 Å². The third-order valence-corrected chi connectivity index (χ3v) is 7.99. The Balaban J connectivity index is 1.43. The molecule has 0 spiro atoms. The van der Waals surface area contributed by atoms with E-state index < -0.39 is 6.04 Å². The molecule has 0 unspecified atom stereocenters. The first-order valence-corrected chi connectivity index (χ1v) is 15.0. The molecule has 2 aromatic carbocycles. The van der Waals surface area contributed by atoms with E-state index in [-0.39, 0.29) is 28.5 Å². The van der Waals surface area contributed by atoms with Gasteiger partial charge in [-0.2, -0.15) is 0 Å². The van der Waals surface area contributed by atoms with Crippen LogP contribution in [0.5, 0.6) is 0 Å². The molecule has 0 radical (unpaired) electrons. The van der Waals surface area contributed by atoms with Crippen LogP contribution < -0.4 is 10.6 Å². The molecule has 0 bridgehead atoms. The van der Waals surface area contributed by atoms with Crippen LogP contribution in [0.3, 0.4) is 0 Å². The molecule has 2 aromatic heterocycles. The van der Waals surface area contributed by atoms with Crippen LogP contribution in [-0.2, 0) is 11.3 Å². The Morgan fingerprint density at radius 1 is 1.10 bits per heavy atom. The molecule has 0 aliphatic carbocycles. The number of benzene rings is 2. The number of thiazole rings is 1. The Labute approximate surface area is 245 Å². The van der Waals surface area contributed by atoms with Crippen molar-refractivity contribution in [1.29, 1.82) is 0 Å². The van der Waals surface area contributed by atoms with E-state index in [1.165, 1.54) is 29.2 Å². The lowest BCUT2D eigenvalue weighted by Gasteiger charge is -2.21. The van der Waals surface area contributed by atoms with E-state index in [4.69, 9.17) is 23.2 Å². The van der Waals surface area contributed by atoms with Crippen molar-refractivity contribution in [2.75, 3.05) is 11.1 Å². The summed E-state index contributed by atoms with van der Waals surface area (Å²) in [5, 5.41) is 18.4. The molecule has 1 atom stereocenters. The smallest absolute Gasteiger partial charge is 0.253 e. The summed E-state index contributed by atoms with van der Waals surface area (Å²) in [6, 6.07) is 14.2. The standard InChI is InChI=1S/C27H28Cl2N6O2S2/c1-4-35-24(21(12-16(2)3)30-25(37)19-11-10-18(28)13-20(19)29)33-34-27(35)39-15-23(36)32-26-31-22(14-38-26)17-8-6-5-7-9-17/h5-11,13-14,16,21H,4,12,15H2,1-3H3,(H,30,37)(H,31,32,36)/t21-/m1/s1. The van der Waals surface area contributed by atoms with Gasteiger partial charge in [-0.05, 0) is 37.5 Å². The van der Waals surface area contributed by atoms with E-state index in [1.807, 2.05) is 47.2 Å². The number of amides is 2. The van der Waals surface area contributed by atoms with Crippen molar-refractivity contribution in [3.63, 3.8) is 0 Å². The van der Waals surface area contributed by atoms with E-state index in [2.05, 4.69) is 39.7 Å². The first-order chi connectivity index (χ1) is 18.7. The largest absolute Gasteiger partial charge is 0.342 e. The number of anilines is 1. The maximum atomic E-state index is 13.1. The fourth-order valence-electron chi connectivity index (χ4n) is 3.93. The average Bonchev–Trinajstić information content (AvgIpc) is 3.54. The van der Waals surface area contributed by atoms with Gasteiger partial charge in [0.1, 0.15) is 0 Å². The van der Waals surface area contributed by atoms with Crippen LogP contribution >= 0.6 is 46.3 Å². The van der Waals surface area contributed by atoms with Crippen LogP contribution in [0.15, 0.2) is 59.1 Å². The van der Waals surface area contributed by atoms with Gasteiger partial charge < -0.3 is 15.2 Å². The Morgan fingerprint density at radius 2 is 1.87 bits per heavy atom. The SMILES string of the molecule is CCn1c(SCC(=O)Nc2nc(-c3ccccc3)cs2)nnc1[C@@H](CC(C)C)NC(=O)c1ccc(Cl)cc1Cl. The zero-order chi connectivity index (χ0) is 27.9. The normalized spacial score (nSPS) is 11.9. The predicted molar refractivity (Wildman–Crippen MR) is 159 cm³/mol. The zero-order valence-corrected chi connectivity index (χ0v) is 24.8. The molecular weight excluding hydrogens is 575 g/mol. The predicted octanol–water partition coefficient (Wildman–Crippen LogP) is 6.98. The minimum absolute atomic E-state index is 0.139. The summed E-state index contributed by atoms with van der Waals surface area (Å²) in [7, 11) is 0. The van der Waals surface area contributed by atoms with Gasteiger partial charge in [-0.15, -0.1) is 21.5 Å². The number of halogens is 2. The second kappa shape index (κ2) is 13.4. The third-order valence-electron chi connectivity index (χ3n) is 5.71. The maximum absolute atomic E-state index is 13.1. The average molecular weight is 604 g/mol. The topological polar surface area (TPSA) is 102 Å². The first-order valence-electron chi connectivity index (χ1n) is 12.4.